The highest BCUT2D eigenvalue weighted by Gasteiger charge is 2.16. The number of nitrogens with one attached hydrogen (secondary N) is 1. The third-order valence-electron chi connectivity index (χ3n) is 3.30. The van der Waals surface area contributed by atoms with Gasteiger partial charge in [-0.15, -0.1) is 11.3 Å². The van der Waals surface area contributed by atoms with Crippen LogP contribution in [0.1, 0.15) is 18.5 Å². The van der Waals surface area contributed by atoms with Crippen LogP contribution in [0.5, 0.6) is 5.88 Å². The van der Waals surface area contributed by atoms with Crippen molar-refractivity contribution in [2.24, 2.45) is 0 Å². The van der Waals surface area contributed by atoms with Gasteiger partial charge in [0.1, 0.15) is 5.82 Å². The molecule has 1 aliphatic rings. The molecule has 1 saturated heterocycles. The number of nitrogens with zero attached hydrogens (tertiary/aromatic N) is 3. The predicted molar refractivity (Wildman–Crippen MR) is 88.4 cm³/mol. The molecule has 0 unspecified atom stereocenters. The van der Waals surface area contributed by atoms with Crippen molar-refractivity contribution in [2.75, 3.05) is 23.9 Å². The van der Waals surface area contributed by atoms with Gasteiger partial charge in [-0.2, -0.15) is 16.7 Å². The summed E-state index contributed by atoms with van der Waals surface area (Å²) in [6.45, 7) is 1.97. The normalized spacial score (nSPS) is 15.9. The van der Waals surface area contributed by atoms with E-state index in [1.807, 2.05) is 30.1 Å². The average molecular weight is 322 g/mol. The maximum absolute atomic E-state index is 5.29. The quantitative estimate of drug-likeness (QED) is 0.932. The first-order valence-corrected chi connectivity index (χ1v) is 8.98. The number of thiazole rings is 1. The molecule has 5 nitrogen and oxygen atoms in total. The largest absolute Gasteiger partial charge is 0.481 e. The van der Waals surface area contributed by atoms with E-state index in [9.17, 15) is 0 Å². The number of aryl methyl sites for hydroxylation is 1. The van der Waals surface area contributed by atoms with E-state index in [1.54, 1.807) is 18.4 Å². The Morgan fingerprint density at radius 3 is 2.71 bits per heavy atom. The summed E-state index contributed by atoms with van der Waals surface area (Å²) in [7, 11) is 1.63. The van der Waals surface area contributed by atoms with Crippen molar-refractivity contribution in [3.05, 3.63) is 17.1 Å². The van der Waals surface area contributed by atoms with E-state index in [0.29, 0.717) is 17.7 Å². The van der Waals surface area contributed by atoms with E-state index in [4.69, 9.17) is 4.74 Å². The Kier molecular flexibility index (Phi) is 4.60. The van der Waals surface area contributed by atoms with Crippen LogP contribution < -0.4 is 10.1 Å². The van der Waals surface area contributed by atoms with E-state index >= 15 is 0 Å². The number of aromatic nitrogens is 3. The van der Waals surface area contributed by atoms with Gasteiger partial charge in [0, 0.05) is 23.2 Å². The number of thioether (sulfide) groups is 1. The van der Waals surface area contributed by atoms with E-state index in [-0.39, 0.29) is 0 Å². The first-order chi connectivity index (χ1) is 10.2. The van der Waals surface area contributed by atoms with Gasteiger partial charge in [0.05, 0.1) is 7.11 Å². The topological polar surface area (TPSA) is 59.9 Å². The molecule has 1 fully saturated rings. The van der Waals surface area contributed by atoms with Crippen molar-refractivity contribution in [2.45, 2.75) is 25.8 Å². The van der Waals surface area contributed by atoms with Crippen molar-refractivity contribution in [1.82, 2.24) is 15.0 Å². The zero-order chi connectivity index (χ0) is 14.7. The Morgan fingerprint density at radius 1 is 1.24 bits per heavy atom. The first kappa shape index (κ1) is 14.6. The van der Waals surface area contributed by atoms with Gasteiger partial charge in [-0.25, -0.2) is 9.97 Å². The van der Waals surface area contributed by atoms with Crippen LogP contribution in [0.3, 0.4) is 0 Å². The van der Waals surface area contributed by atoms with Gasteiger partial charge >= 0.3 is 0 Å². The van der Waals surface area contributed by atoms with E-state index in [2.05, 4.69) is 20.3 Å². The van der Waals surface area contributed by atoms with Crippen molar-refractivity contribution < 1.29 is 4.74 Å². The van der Waals surface area contributed by atoms with Gasteiger partial charge in [-0.1, -0.05) is 0 Å². The standard InChI is InChI=1S/C14H18N4OS2/c1-9-8-21-14(15-9)13-17-11(7-12(18-13)19-2)16-10-3-5-20-6-4-10/h7-8,10H,3-6H2,1-2H3,(H,16,17,18). The summed E-state index contributed by atoms with van der Waals surface area (Å²) < 4.78 is 5.29. The summed E-state index contributed by atoms with van der Waals surface area (Å²) in [4.78, 5) is 13.4. The number of anilines is 1. The number of rotatable bonds is 4. The lowest BCUT2D eigenvalue weighted by atomic mass is 10.1. The molecule has 2 aromatic rings. The Labute approximate surface area is 132 Å². The van der Waals surface area contributed by atoms with E-state index in [0.717, 1.165) is 16.5 Å². The van der Waals surface area contributed by atoms with Crippen LogP contribution in [0.15, 0.2) is 11.4 Å². The number of ether oxygens (including phenoxy) is 1. The summed E-state index contributed by atoms with van der Waals surface area (Å²) in [5, 5.41) is 6.34. The van der Waals surface area contributed by atoms with Crippen molar-refractivity contribution in [3.63, 3.8) is 0 Å². The maximum Gasteiger partial charge on any atom is 0.218 e. The third kappa shape index (κ3) is 3.65. The second-order valence-corrected chi connectivity index (χ2v) is 7.03. The molecular formula is C14H18N4OS2. The monoisotopic (exact) mass is 322 g/mol. The van der Waals surface area contributed by atoms with Gasteiger partial charge in [0.2, 0.25) is 5.88 Å². The Morgan fingerprint density at radius 2 is 2.05 bits per heavy atom. The molecule has 0 saturated carbocycles. The van der Waals surface area contributed by atoms with Gasteiger partial charge in [-0.05, 0) is 31.3 Å². The van der Waals surface area contributed by atoms with Crippen LogP contribution >= 0.6 is 23.1 Å². The van der Waals surface area contributed by atoms with Crippen LogP contribution in [0.4, 0.5) is 5.82 Å². The highest BCUT2D eigenvalue weighted by Crippen LogP contribution is 2.26. The maximum atomic E-state index is 5.29. The Balaban J connectivity index is 1.85. The molecule has 0 atom stereocenters. The predicted octanol–water partition coefficient (Wildman–Crippen LogP) is 3.22. The number of hydrogen-bond acceptors (Lipinski definition) is 7. The van der Waals surface area contributed by atoms with Gasteiger partial charge < -0.3 is 10.1 Å². The molecule has 1 aliphatic heterocycles. The smallest absolute Gasteiger partial charge is 0.218 e. The van der Waals surface area contributed by atoms with Gasteiger partial charge in [0.15, 0.2) is 10.8 Å². The van der Waals surface area contributed by atoms with Crippen LogP contribution in [-0.2, 0) is 0 Å². The van der Waals surface area contributed by atoms with Crippen LogP contribution in [0.2, 0.25) is 0 Å². The second-order valence-electron chi connectivity index (χ2n) is 4.94. The van der Waals surface area contributed by atoms with Crippen molar-refractivity contribution in [3.8, 4) is 16.7 Å². The minimum Gasteiger partial charge on any atom is -0.481 e. The van der Waals surface area contributed by atoms with Crippen LogP contribution in [0.25, 0.3) is 10.8 Å². The minimum atomic E-state index is 0.483. The molecular weight excluding hydrogens is 304 g/mol. The molecule has 0 amide bonds. The first-order valence-electron chi connectivity index (χ1n) is 6.94. The Bertz CT molecular complexity index is 611. The van der Waals surface area contributed by atoms with Crippen molar-refractivity contribution >= 4 is 28.9 Å². The lowest BCUT2D eigenvalue weighted by molar-refractivity contribution is 0.397. The van der Waals surface area contributed by atoms with Crippen molar-refractivity contribution in [1.29, 1.82) is 0 Å². The third-order valence-corrected chi connectivity index (χ3v) is 5.30. The SMILES string of the molecule is COc1cc(NC2CCSCC2)nc(-c2nc(C)cs2)n1. The molecule has 112 valence electrons. The lowest BCUT2D eigenvalue weighted by Gasteiger charge is -2.23. The van der Waals surface area contributed by atoms with Crippen LogP contribution in [-0.4, -0.2) is 39.6 Å². The summed E-state index contributed by atoms with van der Waals surface area (Å²) in [5.41, 5.74) is 0.986. The fourth-order valence-electron chi connectivity index (χ4n) is 2.21. The molecule has 3 heterocycles. The van der Waals surface area contributed by atoms with E-state index < -0.39 is 0 Å². The van der Waals surface area contributed by atoms with E-state index in [1.165, 1.54) is 24.3 Å². The minimum absolute atomic E-state index is 0.483. The Hall–Kier alpha value is -1.34. The second kappa shape index (κ2) is 6.62. The number of hydrogen-bond donors (Lipinski definition) is 1. The van der Waals surface area contributed by atoms with Crippen LogP contribution in [0, 0.1) is 6.92 Å². The lowest BCUT2D eigenvalue weighted by Crippen LogP contribution is -2.25. The number of methoxy groups -OCH3 is 1. The fourth-order valence-corrected chi connectivity index (χ4v) is 4.04. The molecule has 0 radical (unpaired) electrons. The molecule has 0 spiro atoms. The van der Waals surface area contributed by atoms with Gasteiger partial charge in [0.25, 0.3) is 0 Å². The molecule has 1 N–H and O–H groups in total. The summed E-state index contributed by atoms with van der Waals surface area (Å²) >= 11 is 3.57. The summed E-state index contributed by atoms with van der Waals surface area (Å²) in [6, 6.07) is 2.34. The molecule has 7 heteroatoms. The zero-order valence-corrected chi connectivity index (χ0v) is 13.8. The average Bonchev–Trinajstić information content (AvgIpc) is 2.94. The molecule has 3 rings (SSSR count). The van der Waals surface area contributed by atoms with Gasteiger partial charge in [-0.3, -0.25) is 0 Å². The highest BCUT2D eigenvalue weighted by atomic mass is 32.2. The molecule has 21 heavy (non-hydrogen) atoms. The summed E-state index contributed by atoms with van der Waals surface area (Å²) in [5.74, 6) is 4.43. The molecule has 0 aliphatic carbocycles. The zero-order valence-electron chi connectivity index (χ0n) is 12.1. The summed E-state index contributed by atoms with van der Waals surface area (Å²) in [6.07, 6.45) is 2.34. The fraction of sp³-hybridized carbons (Fsp3) is 0.500. The molecule has 2 aromatic heterocycles. The molecule has 0 aromatic carbocycles. The highest BCUT2D eigenvalue weighted by molar-refractivity contribution is 7.99. The molecule has 0 bridgehead atoms.